The molecule has 130 valence electrons. The first kappa shape index (κ1) is 19.5. The van der Waals surface area contributed by atoms with Gasteiger partial charge in [0.2, 0.25) is 0 Å². The second kappa shape index (κ2) is 10.2. The minimum atomic E-state index is -1.34. The lowest BCUT2D eigenvalue weighted by Gasteiger charge is -2.21. The monoisotopic (exact) mass is 322 g/mol. The first-order valence-electron chi connectivity index (χ1n) is 8.67. The molecule has 4 heteroatoms. The molecule has 1 rings (SSSR count). The molecule has 0 amide bonds. The van der Waals surface area contributed by atoms with Crippen LogP contribution in [0.25, 0.3) is 0 Å². The van der Waals surface area contributed by atoms with Crippen molar-refractivity contribution in [2.45, 2.75) is 71.6 Å². The highest BCUT2D eigenvalue weighted by molar-refractivity contribution is 5.93. The van der Waals surface area contributed by atoms with Crippen molar-refractivity contribution in [1.29, 1.82) is 0 Å². The van der Waals surface area contributed by atoms with E-state index in [2.05, 4.69) is 13.0 Å². The van der Waals surface area contributed by atoms with Crippen molar-refractivity contribution in [1.82, 2.24) is 0 Å². The number of hydrogen-bond donors (Lipinski definition) is 2. The fourth-order valence-electron chi connectivity index (χ4n) is 3.20. The van der Waals surface area contributed by atoms with Gasteiger partial charge in [0.15, 0.2) is 5.92 Å². The van der Waals surface area contributed by atoms with E-state index in [-0.39, 0.29) is 6.42 Å². The van der Waals surface area contributed by atoms with Gasteiger partial charge in [-0.15, -0.1) is 0 Å². The molecule has 0 spiro atoms. The van der Waals surface area contributed by atoms with Crippen LogP contribution < -0.4 is 0 Å². The second-order valence-corrected chi connectivity index (χ2v) is 6.81. The van der Waals surface area contributed by atoms with Gasteiger partial charge in [0.05, 0.1) is 0 Å². The third kappa shape index (κ3) is 8.00. The molecule has 1 aliphatic rings. The Bertz CT molecular complexity index is 442. The molecule has 0 heterocycles. The first-order valence-corrected chi connectivity index (χ1v) is 8.67. The van der Waals surface area contributed by atoms with E-state index < -0.39 is 17.9 Å². The fourth-order valence-corrected chi connectivity index (χ4v) is 3.20. The summed E-state index contributed by atoms with van der Waals surface area (Å²) in [5, 5.41) is 17.7. The smallest absolute Gasteiger partial charge is 0.318 e. The van der Waals surface area contributed by atoms with Crippen molar-refractivity contribution < 1.29 is 19.8 Å². The number of carboxylic acid groups (broad SMARTS) is 2. The van der Waals surface area contributed by atoms with Gasteiger partial charge in [-0.2, -0.15) is 0 Å². The Balaban J connectivity index is 2.34. The predicted molar refractivity (Wildman–Crippen MR) is 91.3 cm³/mol. The van der Waals surface area contributed by atoms with E-state index in [0.29, 0.717) is 0 Å². The van der Waals surface area contributed by atoms with E-state index in [1.807, 2.05) is 6.92 Å². The number of carbonyl (C=O) groups is 2. The van der Waals surface area contributed by atoms with Crippen molar-refractivity contribution in [3.05, 3.63) is 23.3 Å². The molecule has 0 aromatic carbocycles. The van der Waals surface area contributed by atoms with Crippen molar-refractivity contribution in [3.8, 4) is 0 Å². The average Bonchev–Trinajstić information content (AvgIpc) is 2.47. The zero-order valence-electron chi connectivity index (χ0n) is 14.4. The molecule has 1 fully saturated rings. The molecule has 23 heavy (non-hydrogen) atoms. The summed E-state index contributed by atoms with van der Waals surface area (Å²) in [6.07, 6.45) is 13.9. The highest BCUT2D eigenvalue weighted by atomic mass is 16.4. The summed E-state index contributed by atoms with van der Waals surface area (Å²) in [7, 11) is 0. The number of rotatable bonds is 9. The molecular formula is C19H30O4. The van der Waals surface area contributed by atoms with Gasteiger partial charge >= 0.3 is 11.9 Å². The Labute approximate surface area is 139 Å². The molecule has 0 atom stereocenters. The molecule has 4 nitrogen and oxygen atoms in total. The zero-order chi connectivity index (χ0) is 17.2. The van der Waals surface area contributed by atoms with Gasteiger partial charge in [-0.05, 0) is 45.4 Å². The molecule has 0 saturated heterocycles. The highest BCUT2D eigenvalue weighted by Crippen LogP contribution is 2.29. The third-order valence-electron chi connectivity index (χ3n) is 4.67. The van der Waals surface area contributed by atoms with Gasteiger partial charge in [0, 0.05) is 0 Å². The minimum Gasteiger partial charge on any atom is -0.481 e. The van der Waals surface area contributed by atoms with Gasteiger partial charge in [0.1, 0.15) is 0 Å². The molecule has 0 aromatic rings. The van der Waals surface area contributed by atoms with E-state index in [9.17, 15) is 9.59 Å². The average molecular weight is 322 g/mol. The van der Waals surface area contributed by atoms with Crippen LogP contribution in [0.3, 0.4) is 0 Å². The Hall–Kier alpha value is -1.58. The van der Waals surface area contributed by atoms with E-state index in [1.165, 1.54) is 44.1 Å². The Morgan fingerprint density at radius 1 is 1.00 bits per heavy atom. The summed E-state index contributed by atoms with van der Waals surface area (Å²) in [6.45, 7) is 4.13. The van der Waals surface area contributed by atoms with Gasteiger partial charge in [0.25, 0.3) is 0 Å². The van der Waals surface area contributed by atoms with Crippen LogP contribution in [0.1, 0.15) is 71.6 Å². The lowest BCUT2D eigenvalue weighted by atomic mass is 9.85. The van der Waals surface area contributed by atoms with Crippen LogP contribution in [0.5, 0.6) is 0 Å². The number of hydrogen-bond acceptors (Lipinski definition) is 2. The van der Waals surface area contributed by atoms with Gasteiger partial charge < -0.3 is 10.2 Å². The third-order valence-corrected chi connectivity index (χ3v) is 4.67. The van der Waals surface area contributed by atoms with Crippen LogP contribution in [0.4, 0.5) is 0 Å². The molecule has 2 N–H and O–H groups in total. The molecular weight excluding hydrogens is 292 g/mol. The quantitative estimate of drug-likeness (QED) is 0.472. The lowest BCUT2D eigenvalue weighted by Crippen LogP contribution is -2.22. The van der Waals surface area contributed by atoms with Crippen LogP contribution in [-0.4, -0.2) is 22.2 Å². The molecule has 0 unspecified atom stereocenters. The number of aliphatic carboxylic acids is 2. The summed E-state index contributed by atoms with van der Waals surface area (Å²) in [4.78, 5) is 21.7. The fraction of sp³-hybridized carbons (Fsp3) is 0.684. The van der Waals surface area contributed by atoms with Crippen molar-refractivity contribution in [2.24, 2.45) is 11.8 Å². The van der Waals surface area contributed by atoms with Crippen molar-refractivity contribution in [3.63, 3.8) is 0 Å². The largest absolute Gasteiger partial charge is 0.481 e. The maximum absolute atomic E-state index is 10.8. The molecule has 0 bridgehead atoms. The Kier molecular flexibility index (Phi) is 8.67. The van der Waals surface area contributed by atoms with Crippen LogP contribution in [0, 0.1) is 11.8 Å². The van der Waals surface area contributed by atoms with Crippen molar-refractivity contribution in [2.75, 3.05) is 0 Å². The maximum atomic E-state index is 10.8. The molecule has 1 aliphatic carbocycles. The second-order valence-electron chi connectivity index (χ2n) is 6.81. The van der Waals surface area contributed by atoms with E-state index in [0.717, 1.165) is 24.3 Å². The zero-order valence-corrected chi connectivity index (χ0v) is 14.4. The lowest BCUT2D eigenvalue weighted by molar-refractivity contribution is -0.154. The molecule has 0 aromatic heterocycles. The topological polar surface area (TPSA) is 74.6 Å². The van der Waals surface area contributed by atoms with E-state index in [1.54, 1.807) is 6.08 Å². The van der Waals surface area contributed by atoms with E-state index in [4.69, 9.17) is 10.2 Å². The summed E-state index contributed by atoms with van der Waals surface area (Å²) in [6, 6.07) is 0. The van der Waals surface area contributed by atoms with Gasteiger partial charge in [-0.3, -0.25) is 9.59 Å². The number of carboxylic acids is 2. The summed E-state index contributed by atoms with van der Waals surface area (Å²) < 4.78 is 0. The van der Waals surface area contributed by atoms with Crippen LogP contribution in [-0.2, 0) is 9.59 Å². The number of allylic oxidation sites excluding steroid dienone is 4. The summed E-state index contributed by atoms with van der Waals surface area (Å²) >= 11 is 0. The van der Waals surface area contributed by atoms with Crippen LogP contribution >= 0.6 is 0 Å². The predicted octanol–water partition coefficient (Wildman–Crippen LogP) is 4.81. The molecule has 1 saturated carbocycles. The van der Waals surface area contributed by atoms with Gasteiger partial charge in [-0.1, -0.05) is 55.4 Å². The summed E-state index contributed by atoms with van der Waals surface area (Å²) in [5.74, 6) is -3.04. The minimum absolute atomic E-state index is 0.0568. The van der Waals surface area contributed by atoms with Crippen LogP contribution in [0.2, 0.25) is 0 Å². The highest BCUT2D eigenvalue weighted by Gasteiger charge is 2.24. The summed E-state index contributed by atoms with van der Waals surface area (Å²) in [5.41, 5.74) is 2.50. The SMILES string of the molecule is C/C(=C\CC(C(=O)O)C(=O)O)CC/C=C(\C)CC1CCCCC1. The normalized spacial score (nSPS) is 17.5. The standard InChI is InChI=1S/C19H30O4/c1-14(11-12-17(18(20)21)19(22)23)7-6-8-15(2)13-16-9-4-3-5-10-16/h8,11,16-17H,3-7,9-10,12-13H2,1-2H3,(H,20,21)(H,22,23)/b14-11+,15-8+. The van der Waals surface area contributed by atoms with Gasteiger partial charge in [-0.25, -0.2) is 0 Å². The molecule has 0 radical (unpaired) electrons. The molecule has 0 aliphatic heterocycles. The maximum Gasteiger partial charge on any atom is 0.318 e. The van der Waals surface area contributed by atoms with Crippen molar-refractivity contribution >= 4 is 11.9 Å². The Morgan fingerprint density at radius 2 is 1.61 bits per heavy atom. The Morgan fingerprint density at radius 3 is 2.17 bits per heavy atom. The van der Waals surface area contributed by atoms with E-state index >= 15 is 0 Å². The van der Waals surface area contributed by atoms with Crippen LogP contribution in [0.15, 0.2) is 23.3 Å². The first-order chi connectivity index (χ1) is 10.9.